The Kier molecular flexibility index (Phi) is 3.79. The number of anilines is 1. The Morgan fingerprint density at radius 3 is 3.17 bits per heavy atom. The predicted octanol–water partition coefficient (Wildman–Crippen LogP) is 3.71. The van der Waals surface area contributed by atoms with Gasteiger partial charge in [0.25, 0.3) is 0 Å². The van der Waals surface area contributed by atoms with Crippen LogP contribution in [0.3, 0.4) is 0 Å². The van der Waals surface area contributed by atoms with Gasteiger partial charge in [-0.25, -0.2) is 9.97 Å². The van der Waals surface area contributed by atoms with Crippen molar-refractivity contribution in [3.05, 3.63) is 40.8 Å². The summed E-state index contributed by atoms with van der Waals surface area (Å²) in [6, 6.07) is 1.80. The molecule has 23 heavy (non-hydrogen) atoms. The van der Waals surface area contributed by atoms with E-state index in [4.69, 9.17) is 16.3 Å². The van der Waals surface area contributed by atoms with E-state index < -0.39 is 0 Å². The number of fused-ring (bicyclic) bond motifs is 1. The summed E-state index contributed by atoms with van der Waals surface area (Å²) < 4.78 is 7.17. The summed E-state index contributed by atoms with van der Waals surface area (Å²) in [6.07, 6.45) is 5.98. The molecule has 3 aromatic heterocycles. The molecular weight excluding hydrogens is 332 g/mol. The van der Waals surface area contributed by atoms with E-state index in [1.807, 2.05) is 0 Å². The van der Waals surface area contributed by atoms with Gasteiger partial charge in [0.05, 0.1) is 16.8 Å². The van der Waals surface area contributed by atoms with Crippen molar-refractivity contribution in [2.75, 3.05) is 18.0 Å². The van der Waals surface area contributed by atoms with Gasteiger partial charge in [-0.1, -0.05) is 11.6 Å². The zero-order valence-electron chi connectivity index (χ0n) is 12.6. The van der Waals surface area contributed by atoms with Crippen LogP contribution in [0.4, 0.5) is 5.82 Å². The molecular formula is C16H15ClN4OS. The third kappa shape index (κ3) is 2.72. The smallest absolute Gasteiger partial charge is 0.150 e. The third-order valence-corrected chi connectivity index (χ3v) is 5.35. The highest BCUT2D eigenvalue weighted by Crippen LogP contribution is 2.33. The fourth-order valence-electron chi connectivity index (χ4n) is 2.84. The molecule has 1 unspecified atom stereocenters. The number of halogens is 1. The summed E-state index contributed by atoms with van der Waals surface area (Å²) in [6.45, 7) is 3.79. The molecule has 0 aliphatic carbocycles. The Morgan fingerprint density at radius 1 is 1.39 bits per heavy atom. The second kappa shape index (κ2) is 5.94. The molecule has 0 spiro atoms. The lowest BCUT2D eigenvalue weighted by molar-refractivity contribution is 0.225. The summed E-state index contributed by atoms with van der Waals surface area (Å²) >= 11 is 7.82. The highest BCUT2D eigenvalue weighted by molar-refractivity contribution is 7.18. The minimum Gasteiger partial charge on any atom is -0.487 e. The zero-order valence-corrected chi connectivity index (χ0v) is 14.1. The maximum absolute atomic E-state index is 6.12. The summed E-state index contributed by atoms with van der Waals surface area (Å²) in [5.74, 6) is 1.69. The summed E-state index contributed by atoms with van der Waals surface area (Å²) in [5, 5.41) is 2.67. The van der Waals surface area contributed by atoms with Gasteiger partial charge in [0, 0.05) is 31.4 Å². The second-order valence-electron chi connectivity index (χ2n) is 5.57. The van der Waals surface area contributed by atoms with E-state index in [1.54, 1.807) is 36.1 Å². The van der Waals surface area contributed by atoms with Gasteiger partial charge < -0.3 is 9.64 Å². The average Bonchev–Trinajstić information content (AvgIpc) is 3.17. The van der Waals surface area contributed by atoms with Crippen LogP contribution in [0.2, 0.25) is 5.02 Å². The molecule has 1 aliphatic rings. The maximum atomic E-state index is 6.12. The molecule has 0 aromatic carbocycles. The second-order valence-corrected chi connectivity index (χ2v) is 6.86. The van der Waals surface area contributed by atoms with E-state index in [1.165, 1.54) is 5.56 Å². The first-order valence-electron chi connectivity index (χ1n) is 7.42. The largest absolute Gasteiger partial charge is 0.487 e. The van der Waals surface area contributed by atoms with E-state index in [0.717, 1.165) is 35.5 Å². The van der Waals surface area contributed by atoms with Crippen molar-refractivity contribution >= 4 is 39.0 Å². The fraction of sp³-hybridized carbons (Fsp3) is 0.312. The number of aryl methyl sites for hydroxylation is 1. The van der Waals surface area contributed by atoms with Crippen LogP contribution in [0.25, 0.3) is 10.2 Å². The number of hydrogen-bond donors (Lipinski definition) is 0. The molecule has 0 saturated carbocycles. The Labute approximate surface area is 142 Å². The van der Waals surface area contributed by atoms with E-state index in [9.17, 15) is 0 Å². The number of hydrogen-bond acceptors (Lipinski definition) is 6. The maximum Gasteiger partial charge on any atom is 0.150 e. The molecule has 1 saturated heterocycles. The number of aromatic nitrogens is 3. The lowest BCUT2D eigenvalue weighted by atomic mass is 10.3. The first-order chi connectivity index (χ1) is 11.2. The number of thiophene rings is 1. The summed E-state index contributed by atoms with van der Waals surface area (Å²) in [7, 11) is 0. The van der Waals surface area contributed by atoms with Gasteiger partial charge >= 0.3 is 0 Å². The first-order valence-corrected chi connectivity index (χ1v) is 8.68. The molecule has 3 aromatic rings. The monoisotopic (exact) mass is 346 g/mol. The Bertz CT molecular complexity index is 853. The van der Waals surface area contributed by atoms with Crippen molar-refractivity contribution < 1.29 is 4.74 Å². The van der Waals surface area contributed by atoms with Gasteiger partial charge in [0.2, 0.25) is 0 Å². The van der Waals surface area contributed by atoms with Gasteiger partial charge in [-0.05, 0) is 17.9 Å². The predicted molar refractivity (Wildman–Crippen MR) is 92.6 cm³/mol. The molecule has 1 atom stereocenters. The topological polar surface area (TPSA) is 51.1 Å². The lowest BCUT2D eigenvalue weighted by Gasteiger charge is -2.18. The standard InChI is InChI=1S/C16H15ClN4OS/c1-10-8-23-15-14(10)19-9-20-16(15)21-5-3-11(7-21)22-13-2-4-18-6-12(13)17/h2,4,6,8-9,11H,3,5,7H2,1H3. The summed E-state index contributed by atoms with van der Waals surface area (Å²) in [5.41, 5.74) is 2.24. The van der Waals surface area contributed by atoms with E-state index >= 15 is 0 Å². The molecule has 7 heteroatoms. The molecule has 118 valence electrons. The quantitative estimate of drug-likeness (QED) is 0.723. The molecule has 0 amide bonds. The Morgan fingerprint density at radius 2 is 2.30 bits per heavy atom. The van der Waals surface area contributed by atoms with Gasteiger partial charge in [-0.2, -0.15) is 0 Å². The first kappa shape index (κ1) is 14.7. The number of ether oxygens (including phenoxy) is 1. The lowest BCUT2D eigenvalue weighted by Crippen LogP contribution is -2.25. The zero-order chi connectivity index (χ0) is 15.8. The van der Waals surface area contributed by atoms with Crippen molar-refractivity contribution in [1.29, 1.82) is 0 Å². The molecule has 5 nitrogen and oxygen atoms in total. The third-order valence-electron chi connectivity index (χ3n) is 3.99. The minimum atomic E-state index is 0.0981. The van der Waals surface area contributed by atoms with Gasteiger partial charge in [0.1, 0.15) is 29.0 Å². The van der Waals surface area contributed by atoms with Crippen LogP contribution >= 0.6 is 22.9 Å². The normalized spacial score (nSPS) is 17.8. The van der Waals surface area contributed by atoms with Gasteiger partial charge in [-0.15, -0.1) is 11.3 Å². The Balaban J connectivity index is 1.55. The number of pyridine rings is 1. The number of rotatable bonds is 3. The van der Waals surface area contributed by atoms with Crippen LogP contribution in [-0.2, 0) is 0 Å². The molecule has 0 radical (unpaired) electrons. The molecule has 4 rings (SSSR count). The molecule has 4 heterocycles. The minimum absolute atomic E-state index is 0.0981. The van der Waals surface area contributed by atoms with Crippen LogP contribution in [0.5, 0.6) is 5.75 Å². The van der Waals surface area contributed by atoms with Crippen LogP contribution in [0.15, 0.2) is 30.2 Å². The average molecular weight is 347 g/mol. The molecule has 0 N–H and O–H groups in total. The highest BCUT2D eigenvalue weighted by atomic mass is 35.5. The highest BCUT2D eigenvalue weighted by Gasteiger charge is 2.27. The van der Waals surface area contributed by atoms with E-state index in [2.05, 4.69) is 32.2 Å². The fourth-order valence-corrected chi connectivity index (χ4v) is 4.02. The Hall–Kier alpha value is -1.92. The van der Waals surface area contributed by atoms with Crippen LogP contribution < -0.4 is 9.64 Å². The van der Waals surface area contributed by atoms with Crippen LogP contribution in [0, 0.1) is 6.92 Å². The van der Waals surface area contributed by atoms with Gasteiger partial charge in [-0.3, -0.25) is 4.98 Å². The summed E-state index contributed by atoms with van der Waals surface area (Å²) in [4.78, 5) is 15.1. The molecule has 1 aliphatic heterocycles. The SMILES string of the molecule is Cc1csc2c(N3CCC(Oc4ccncc4Cl)C3)ncnc12. The van der Waals surface area contributed by atoms with Crippen molar-refractivity contribution in [2.45, 2.75) is 19.4 Å². The molecule has 0 bridgehead atoms. The van der Waals surface area contributed by atoms with Gasteiger partial charge in [0.15, 0.2) is 0 Å². The van der Waals surface area contributed by atoms with Crippen molar-refractivity contribution in [3.8, 4) is 5.75 Å². The van der Waals surface area contributed by atoms with Crippen molar-refractivity contribution in [3.63, 3.8) is 0 Å². The van der Waals surface area contributed by atoms with E-state index in [-0.39, 0.29) is 6.10 Å². The number of nitrogens with zero attached hydrogens (tertiary/aromatic N) is 4. The van der Waals surface area contributed by atoms with Crippen LogP contribution in [0.1, 0.15) is 12.0 Å². The molecule has 1 fully saturated rings. The van der Waals surface area contributed by atoms with Crippen molar-refractivity contribution in [2.24, 2.45) is 0 Å². The van der Waals surface area contributed by atoms with Crippen LogP contribution in [-0.4, -0.2) is 34.1 Å². The van der Waals surface area contributed by atoms with E-state index in [0.29, 0.717) is 10.8 Å². The van der Waals surface area contributed by atoms with Crippen molar-refractivity contribution in [1.82, 2.24) is 15.0 Å².